The van der Waals surface area contributed by atoms with Gasteiger partial charge in [-0.25, -0.2) is 9.67 Å². The third-order valence-electron chi connectivity index (χ3n) is 12.3. The fraction of sp³-hybridized carbons (Fsp3) is 0.439. The lowest BCUT2D eigenvalue weighted by molar-refractivity contribution is -0.134. The van der Waals surface area contributed by atoms with E-state index in [0.29, 0.717) is 25.4 Å². The number of benzene rings is 2. The molecule has 1 unspecified atom stereocenters. The molecule has 4 aliphatic heterocycles. The van der Waals surface area contributed by atoms with Crippen molar-refractivity contribution >= 4 is 72.3 Å². The van der Waals surface area contributed by atoms with Gasteiger partial charge < -0.3 is 20.4 Å². The van der Waals surface area contributed by atoms with E-state index in [1.807, 2.05) is 41.7 Å². The van der Waals surface area contributed by atoms with Gasteiger partial charge in [-0.1, -0.05) is 5.21 Å². The van der Waals surface area contributed by atoms with Gasteiger partial charge in [0.25, 0.3) is 5.91 Å². The largest absolute Gasteiger partial charge is 0.381 e. The Hall–Kier alpha value is -5.45. The number of aromatic nitrogens is 6. The molecule has 3 amide bonds. The summed E-state index contributed by atoms with van der Waals surface area (Å²) >= 11 is 1.52. The Bertz CT molecular complexity index is 2540. The van der Waals surface area contributed by atoms with Crippen LogP contribution >= 0.6 is 11.3 Å². The lowest BCUT2D eigenvalue weighted by Gasteiger charge is -2.38. The van der Waals surface area contributed by atoms with E-state index >= 15 is 0 Å². The molecule has 0 saturated carbocycles. The summed E-state index contributed by atoms with van der Waals surface area (Å²) in [5, 5.41) is 25.9. The minimum absolute atomic E-state index is 0.0264. The molecule has 3 fully saturated rings. The lowest BCUT2D eigenvalue weighted by atomic mass is 9.93. The molecule has 0 aliphatic carbocycles. The van der Waals surface area contributed by atoms with Crippen LogP contribution in [0.3, 0.4) is 0 Å². The number of nitrogens with one attached hydrogen (secondary N) is 3. The van der Waals surface area contributed by atoms with Crippen LogP contribution < -0.4 is 20.9 Å². The number of carbonyl (C=O) groups is 3. The SMILES string of the molecule is C[C@@H]1CNc2c(sc3ccc4nc(-c5cn(C6CCN(CCN7CCN(c8ccc9c(C%10CCC(=O)NC%10=O)nn(C)c9c8)CC7)CC6)nn5)ccc4c23)C(=O)N1. The number of hydrogen-bond donors (Lipinski definition) is 3. The number of anilines is 2. The average Bonchev–Trinajstić information content (AvgIpc) is 3.93. The number of piperidine rings is 2. The van der Waals surface area contributed by atoms with Gasteiger partial charge in [0.2, 0.25) is 11.8 Å². The summed E-state index contributed by atoms with van der Waals surface area (Å²) in [7, 11) is 1.92. The highest BCUT2D eigenvalue weighted by Crippen LogP contribution is 2.41. The van der Waals surface area contributed by atoms with Gasteiger partial charge in [-0.3, -0.25) is 29.3 Å². The van der Waals surface area contributed by atoms with Crippen molar-refractivity contribution in [2.24, 2.45) is 7.05 Å². The summed E-state index contributed by atoms with van der Waals surface area (Å²) in [6.07, 6.45) is 4.94. The number of rotatable bonds is 7. The zero-order valence-corrected chi connectivity index (χ0v) is 33.0. The van der Waals surface area contributed by atoms with Crippen LogP contribution in [0.4, 0.5) is 11.4 Å². The smallest absolute Gasteiger partial charge is 0.263 e. The Morgan fingerprint density at radius 1 is 0.877 bits per heavy atom. The van der Waals surface area contributed by atoms with Crippen LogP contribution in [0.2, 0.25) is 0 Å². The van der Waals surface area contributed by atoms with E-state index in [1.165, 1.54) is 17.0 Å². The molecule has 0 bridgehead atoms. The Labute approximate surface area is 333 Å². The first-order chi connectivity index (χ1) is 27.8. The number of imide groups is 1. The van der Waals surface area contributed by atoms with E-state index in [-0.39, 0.29) is 23.8 Å². The normalized spacial score (nSPS) is 21.5. The third-order valence-corrected chi connectivity index (χ3v) is 13.5. The molecule has 4 aromatic heterocycles. The Kier molecular flexibility index (Phi) is 9.13. The van der Waals surface area contributed by atoms with Gasteiger partial charge >= 0.3 is 0 Å². The molecule has 8 heterocycles. The average molecular weight is 787 g/mol. The molecule has 57 heavy (non-hydrogen) atoms. The second-order valence-electron chi connectivity index (χ2n) is 16.0. The van der Waals surface area contributed by atoms with Crippen LogP contribution in [0.1, 0.15) is 59.9 Å². The van der Waals surface area contributed by atoms with E-state index in [1.54, 1.807) is 0 Å². The second-order valence-corrected chi connectivity index (χ2v) is 17.0. The van der Waals surface area contributed by atoms with Gasteiger partial charge in [-0.15, -0.1) is 16.4 Å². The van der Waals surface area contributed by atoms with Crippen molar-refractivity contribution in [3.63, 3.8) is 0 Å². The topological polar surface area (TPSA) is 158 Å². The number of nitrogens with zero attached hydrogens (tertiary/aromatic N) is 9. The van der Waals surface area contributed by atoms with Crippen LogP contribution in [0.25, 0.3) is 43.3 Å². The molecule has 3 saturated heterocycles. The van der Waals surface area contributed by atoms with Crippen LogP contribution in [0.5, 0.6) is 0 Å². The number of pyridine rings is 1. The van der Waals surface area contributed by atoms with Gasteiger partial charge in [0, 0.05) is 105 Å². The molecule has 2 aromatic carbocycles. The van der Waals surface area contributed by atoms with E-state index in [4.69, 9.17) is 10.1 Å². The maximum Gasteiger partial charge on any atom is 0.263 e. The molecule has 4 aliphatic rings. The molecule has 10 rings (SSSR count). The predicted molar refractivity (Wildman–Crippen MR) is 221 cm³/mol. The molecular weight excluding hydrogens is 741 g/mol. The maximum atomic E-state index is 12.8. The van der Waals surface area contributed by atoms with Gasteiger partial charge in [0.1, 0.15) is 10.6 Å². The van der Waals surface area contributed by atoms with Crippen LogP contribution in [0, 0.1) is 0 Å². The third kappa shape index (κ3) is 6.68. The number of piperazine rings is 1. The van der Waals surface area contributed by atoms with E-state index < -0.39 is 5.92 Å². The molecular formula is C41H46N12O3S. The highest BCUT2D eigenvalue weighted by molar-refractivity contribution is 7.21. The summed E-state index contributed by atoms with van der Waals surface area (Å²) in [4.78, 5) is 50.4. The Balaban J connectivity index is 0.722. The van der Waals surface area contributed by atoms with E-state index in [0.717, 1.165) is 125 Å². The zero-order valence-electron chi connectivity index (χ0n) is 32.2. The van der Waals surface area contributed by atoms with Gasteiger partial charge in [0.15, 0.2) is 0 Å². The fourth-order valence-electron chi connectivity index (χ4n) is 9.04. The van der Waals surface area contributed by atoms with Crippen molar-refractivity contribution in [3.8, 4) is 11.4 Å². The molecule has 294 valence electrons. The van der Waals surface area contributed by atoms with Crippen LogP contribution in [0.15, 0.2) is 48.7 Å². The first-order valence-electron chi connectivity index (χ1n) is 20.1. The molecule has 16 heteroatoms. The zero-order chi connectivity index (χ0) is 38.8. The van der Waals surface area contributed by atoms with Crippen molar-refractivity contribution in [2.45, 2.75) is 50.6 Å². The first kappa shape index (κ1) is 35.9. The second kappa shape index (κ2) is 14.5. The summed E-state index contributed by atoms with van der Waals surface area (Å²) in [5.41, 5.74) is 6.27. The van der Waals surface area contributed by atoms with E-state index in [2.05, 4.69) is 71.3 Å². The van der Waals surface area contributed by atoms with Crippen LogP contribution in [-0.4, -0.2) is 122 Å². The molecule has 0 radical (unpaired) electrons. The molecule has 15 nitrogen and oxygen atoms in total. The van der Waals surface area contributed by atoms with Gasteiger partial charge in [-0.05, 0) is 68.7 Å². The predicted octanol–water partition coefficient (Wildman–Crippen LogP) is 4.12. The van der Waals surface area contributed by atoms with Crippen LogP contribution in [-0.2, 0) is 16.6 Å². The monoisotopic (exact) mass is 786 g/mol. The van der Waals surface area contributed by atoms with Crippen molar-refractivity contribution in [1.29, 1.82) is 0 Å². The standard InChI is InChI=1S/C41H46N12O3S/c1-24-22-42-38-36-27-5-7-31(44-30(27)8-9-34(36)57-39(38)41(56)43-24)32-23-53(48-46-32)25-11-13-50(14-12-25)15-16-51-17-19-52(20-18-51)26-3-4-28-33(21-26)49(2)47-37(28)29-6-10-35(54)45-40(29)55/h3-5,7-9,21,23-25,29,42H,6,10-20,22H2,1-2H3,(H,43,56)(H,45,54,55)/t24-,29?/m1/s1. The summed E-state index contributed by atoms with van der Waals surface area (Å²) in [6, 6.07) is 15.0. The fourth-order valence-corrected chi connectivity index (χ4v) is 10.1. The highest BCUT2D eigenvalue weighted by atomic mass is 32.1. The Morgan fingerprint density at radius 3 is 2.47 bits per heavy atom. The number of carbonyl (C=O) groups excluding carboxylic acids is 3. The summed E-state index contributed by atoms with van der Waals surface area (Å²) in [5.74, 6) is -0.885. The number of amides is 3. The van der Waals surface area contributed by atoms with Gasteiger partial charge in [-0.2, -0.15) is 5.10 Å². The maximum absolute atomic E-state index is 12.8. The first-order valence-corrected chi connectivity index (χ1v) is 20.9. The quantitative estimate of drug-likeness (QED) is 0.200. The van der Waals surface area contributed by atoms with E-state index in [9.17, 15) is 14.4 Å². The molecule has 0 spiro atoms. The highest BCUT2D eigenvalue weighted by Gasteiger charge is 2.32. The molecule has 2 atom stereocenters. The summed E-state index contributed by atoms with van der Waals surface area (Å²) in [6.45, 7) is 10.8. The summed E-state index contributed by atoms with van der Waals surface area (Å²) < 4.78 is 4.96. The minimum atomic E-state index is -0.396. The number of fused-ring (bicyclic) bond motifs is 6. The number of aryl methyl sites for hydroxylation is 1. The Morgan fingerprint density at radius 2 is 1.67 bits per heavy atom. The van der Waals surface area contributed by atoms with Gasteiger partial charge in [0.05, 0.1) is 46.3 Å². The molecule has 6 aromatic rings. The van der Waals surface area contributed by atoms with Crippen molar-refractivity contribution in [1.82, 2.24) is 50.2 Å². The minimum Gasteiger partial charge on any atom is -0.381 e. The number of thiophene rings is 1. The lowest BCUT2D eigenvalue weighted by Crippen LogP contribution is -2.49. The molecule has 3 N–H and O–H groups in total. The van der Waals surface area contributed by atoms with Crippen molar-refractivity contribution < 1.29 is 14.4 Å². The van der Waals surface area contributed by atoms with Crippen molar-refractivity contribution in [2.75, 3.05) is 69.1 Å². The van der Waals surface area contributed by atoms with Crippen molar-refractivity contribution in [3.05, 3.63) is 59.2 Å². The number of hydrogen-bond acceptors (Lipinski definition) is 12. The number of likely N-dealkylation sites (tertiary alicyclic amines) is 1.